The van der Waals surface area contributed by atoms with Gasteiger partial charge in [0.2, 0.25) is 0 Å². The van der Waals surface area contributed by atoms with E-state index in [2.05, 4.69) is 36.5 Å². The summed E-state index contributed by atoms with van der Waals surface area (Å²) < 4.78 is 18.8. The van der Waals surface area contributed by atoms with Crippen LogP contribution in [0.4, 0.5) is 14.9 Å². The monoisotopic (exact) mass is 522 g/mol. The van der Waals surface area contributed by atoms with Crippen molar-refractivity contribution >= 4 is 33.6 Å². The molecule has 2 unspecified atom stereocenters. The van der Waals surface area contributed by atoms with Crippen LogP contribution in [-0.2, 0) is 4.74 Å². The Labute approximate surface area is 200 Å². The first-order valence-electron chi connectivity index (χ1n) is 10.7. The van der Waals surface area contributed by atoms with Crippen molar-refractivity contribution in [1.29, 1.82) is 0 Å². The van der Waals surface area contributed by atoms with E-state index in [4.69, 9.17) is 4.74 Å². The molecule has 0 aromatic carbocycles. The van der Waals surface area contributed by atoms with Gasteiger partial charge in [0.1, 0.15) is 15.9 Å². The van der Waals surface area contributed by atoms with Crippen LogP contribution in [0.3, 0.4) is 0 Å². The summed E-state index contributed by atoms with van der Waals surface area (Å²) in [6.07, 6.45) is 2.96. The van der Waals surface area contributed by atoms with E-state index in [1.54, 1.807) is 27.0 Å². The number of aliphatic hydroxyl groups excluding tert-OH is 1. The molecule has 0 radical (unpaired) electrons. The van der Waals surface area contributed by atoms with Crippen molar-refractivity contribution in [3.8, 4) is 0 Å². The van der Waals surface area contributed by atoms with E-state index in [1.807, 2.05) is 13.0 Å². The predicted molar refractivity (Wildman–Crippen MR) is 124 cm³/mol. The van der Waals surface area contributed by atoms with Gasteiger partial charge in [-0.05, 0) is 85.1 Å². The molecule has 10 heteroatoms. The number of rotatable bonds is 4. The van der Waals surface area contributed by atoms with Crippen LogP contribution in [0, 0.1) is 11.7 Å². The number of hydrogen-bond donors (Lipinski definition) is 3. The summed E-state index contributed by atoms with van der Waals surface area (Å²) in [5.74, 6) is -1.23. The average Bonchev–Trinajstić information content (AvgIpc) is 2.72. The van der Waals surface area contributed by atoms with Crippen molar-refractivity contribution in [3.63, 3.8) is 0 Å². The lowest BCUT2D eigenvalue weighted by atomic mass is 9.74. The second-order valence-corrected chi connectivity index (χ2v) is 10.0. The van der Waals surface area contributed by atoms with Gasteiger partial charge in [-0.1, -0.05) is 6.92 Å². The van der Waals surface area contributed by atoms with Gasteiger partial charge in [-0.2, -0.15) is 0 Å². The average molecular weight is 523 g/mol. The molecule has 4 atom stereocenters. The third-order valence-corrected chi connectivity index (χ3v) is 6.03. The van der Waals surface area contributed by atoms with Crippen molar-refractivity contribution in [2.24, 2.45) is 5.92 Å². The number of carbonyl (C=O) groups excluding carboxylic acids is 2. The molecule has 8 nitrogen and oxygen atoms in total. The van der Waals surface area contributed by atoms with Crippen LogP contribution < -0.4 is 10.6 Å². The second-order valence-electron chi connectivity index (χ2n) is 9.28. The third kappa shape index (κ3) is 6.48. The van der Waals surface area contributed by atoms with Crippen LogP contribution >= 0.6 is 15.9 Å². The largest absolute Gasteiger partial charge is 0.444 e. The molecule has 2 amide bonds. The highest BCUT2D eigenvalue weighted by molar-refractivity contribution is 9.10. The molecule has 1 fully saturated rings. The van der Waals surface area contributed by atoms with E-state index < -0.39 is 35.6 Å². The number of hydrogen-bond acceptors (Lipinski definition) is 6. The fourth-order valence-electron chi connectivity index (χ4n) is 3.98. The van der Waals surface area contributed by atoms with Gasteiger partial charge in [0.25, 0.3) is 5.91 Å². The fraction of sp³-hybridized carbons (Fsp3) is 0.478. The van der Waals surface area contributed by atoms with E-state index in [1.165, 1.54) is 12.3 Å². The van der Waals surface area contributed by atoms with Crippen molar-refractivity contribution in [2.75, 3.05) is 5.32 Å². The van der Waals surface area contributed by atoms with Crippen LogP contribution in [0.15, 0.2) is 35.2 Å². The number of ether oxygens (including phenoxy) is 1. The van der Waals surface area contributed by atoms with Crippen LogP contribution in [0.2, 0.25) is 0 Å². The highest BCUT2D eigenvalue weighted by atomic mass is 79.9. The van der Waals surface area contributed by atoms with Gasteiger partial charge in [0.05, 0.1) is 24.0 Å². The number of pyridine rings is 2. The summed E-state index contributed by atoms with van der Waals surface area (Å²) in [5.41, 5.74) is 0.722. The maximum absolute atomic E-state index is 13.5. The summed E-state index contributed by atoms with van der Waals surface area (Å²) in [4.78, 5) is 33.0. The lowest BCUT2D eigenvalue weighted by molar-refractivity contribution is 0.0176. The van der Waals surface area contributed by atoms with Crippen molar-refractivity contribution in [1.82, 2.24) is 15.3 Å². The van der Waals surface area contributed by atoms with Crippen molar-refractivity contribution in [3.05, 3.63) is 52.3 Å². The summed E-state index contributed by atoms with van der Waals surface area (Å²) in [5, 5.41) is 16.3. The molecule has 33 heavy (non-hydrogen) atoms. The summed E-state index contributed by atoms with van der Waals surface area (Å²) in [7, 11) is 0. The van der Waals surface area contributed by atoms with Crippen molar-refractivity contribution in [2.45, 2.75) is 64.2 Å². The topological polar surface area (TPSA) is 113 Å². The van der Waals surface area contributed by atoms with Crippen LogP contribution in [0.1, 0.15) is 62.5 Å². The number of aromatic nitrogens is 2. The molecule has 1 aliphatic carbocycles. The minimum Gasteiger partial charge on any atom is -0.444 e. The van der Waals surface area contributed by atoms with E-state index >= 15 is 0 Å². The van der Waals surface area contributed by atoms with E-state index in [0.717, 1.165) is 11.6 Å². The third-order valence-electron chi connectivity index (χ3n) is 5.47. The van der Waals surface area contributed by atoms with Gasteiger partial charge >= 0.3 is 6.09 Å². The first kappa shape index (κ1) is 25.0. The van der Waals surface area contributed by atoms with Gasteiger partial charge in [-0.25, -0.2) is 14.2 Å². The highest BCUT2D eigenvalue weighted by Gasteiger charge is 2.37. The Bertz CT molecular complexity index is 1030. The number of halogens is 2. The zero-order chi connectivity index (χ0) is 24.3. The smallest absolute Gasteiger partial charge is 0.407 e. The summed E-state index contributed by atoms with van der Waals surface area (Å²) >= 11 is 2.99. The molecule has 1 saturated carbocycles. The lowest BCUT2D eigenvalue weighted by Gasteiger charge is -2.39. The summed E-state index contributed by atoms with van der Waals surface area (Å²) in [6.45, 7) is 7.24. The lowest BCUT2D eigenvalue weighted by Crippen LogP contribution is -2.51. The van der Waals surface area contributed by atoms with Gasteiger partial charge < -0.3 is 20.5 Å². The van der Waals surface area contributed by atoms with Crippen LogP contribution in [-0.4, -0.2) is 44.8 Å². The normalized spacial score (nSPS) is 23.0. The van der Waals surface area contributed by atoms with Gasteiger partial charge in [0.15, 0.2) is 5.82 Å². The molecule has 0 aliphatic heterocycles. The molecular formula is C23H28BrFN4O4. The standard InChI is InChI=1S/C23H28BrFN4O4/c1-12-9-13(10-17(19(12)30)29-22(32)33-23(2,3)4)14-7-8-26-11-18(14)28-21(31)16-6-5-15(25)20(24)27-16/h5-8,11-13,17,19,30H,9-10H2,1-4H3,(H,28,31)(H,29,32)/t12-,13?,17?,19+/m0/s1. The Morgan fingerprint density at radius 2 is 1.97 bits per heavy atom. The minimum atomic E-state index is -0.727. The molecule has 3 rings (SSSR count). The molecule has 0 spiro atoms. The number of nitrogens with one attached hydrogen (secondary N) is 2. The quantitative estimate of drug-likeness (QED) is 0.513. The molecular weight excluding hydrogens is 495 g/mol. The molecule has 2 heterocycles. The van der Waals surface area contributed by atoms with E-state index in [9.17, 15) is 19.1 Å². The van der Waals surface area contributed by atoms with E-state index in [-0.39, 0.29) is 22.1 Å². The van der Waals surface area contributed by atoms with Gasteiger partial charge in [-0.15, -0.1) is 0 Å². The zero-order valence-corrected chi connectivity index (χ0v) is 20.5. The molecule has 0 saturated heterocycles. The first-order chi connectivity index (χ1) is 15.4. The van der Waals surface area contributed by atoms with E-state index in [0.29, 0.717) is 18.5 Å². The Kier molecular flexibility index (Phi) is 7.69. The van der Waals surface area contributed by atoms with Crippen LogP contribution in [0.25, 0.3) is 0 Å². The molecule has 2 aromatic heterocycles. The molecule has 178 valence electrons. The maximum atomic E-state index is 13.5. The number of carbonyl (C=O) groups is 2. The van der Waals surface area contributed by atoms with Gasteiger partial charge in [0, 0.05) is 6.20 Å². The Balaban J connectivity index is 1.79. The molecule has 2 aromatic rings. The Hall–Kier alpha value is -2.59. The second kappa shape index (κ2) is 10.1. The Morgan fingerprint density at radius 1 is 1.24 bits per heavy atom. The van der Waals surface area contributed by atoms with Crippen molar-refractivity contribution < 1.29 is 23.8 Å². The number of aliphatic hydroxyl groups is 1. The number of anilines is 1. The molecule has 3 N–H and O–H groups in total. The molecule has 1 aliphatic rings. The zero-order valence-electron chi connectivity index (χ0n) is 18.9. The minimum absolute atomic E-state index is 0.0484. The summed E-state index contributed by atoms with van der Waals surface area (Å²) in [6, 6.07) is 3.75. The van der Waals surface area contributed by atoms with Crippen LogP contribution in [0.5, 0.6) is 0 Å². The fourth-order valence-corrected chi connectivity index (χ4v) is 4.30. The number of nitrogens with zero attached hydrogens (tertiary/aromatic N) is 2. The highest BCUT2D eigenvalue weighted by Crippen LogP contribution is 2.39. The first-order valence-corrected chi connectivity index (χ1v) is 11.5. The predicted octanol–water partition coefficient (Wildman–Crippen LogP) is 4.40. The maximum Gasteiger partial charge on any atom is 0.407 e. The Morgan fingerprint density at radius 3 is 2.64 bits per heavy atom. The number of alkyl carbamates (subject to hydrolysis) is 1. The molecule has 0 bridgehead atoms. The van der Waals surface area contributed by atoms with Gasteiger partial charge in [-0.3, -0.25) is 9.78 Å². The number of amides is 2. The SMILES string of the molecule is C[C@H]1CC(c2ccncc2NC(=O)c2ccc(F)c(Br)n2)CC(NC(=O)OC(C)(C)C)[C@@H]1O.